The number of aromatic nitrogens is 2. The van der Waals surface area contributed by atoms with Crippen LogP contribution in [-0.2, 0) is 0 Å². The molecule has 0 unspecified atom stereocenters. The second-order valence-corrected chi connectivity index (χ2v) is 3.86. The van der Waals surface area contributed by atoms with E-state index in [0.717, 1.165) is 17.5 Å². The van der Waals surface area contributed by atoms with E-state index in [1.807, 2.05) is 43.3 Å². The minimum atomic E-state index is -0.183. The van der Waals surface area contributed by atoms with E-state index in [4.69, 9.17) is 0 Å². The Bertz CT molecular complexity index is 578. The van der Waals surface area contributed by atoms with Crippen molar-refractivity contribution in [3.8, 4) is 0 Å². The van der Waals surface area contributed by atoms with Crippen LogP contribution in [0, 0.1) is 0 Å². The van der Waals surface area contributed by atoms with Crippen LogP contribution >= 0.6 is 0 Å². The molecule has 4 heteroatoms. The first-order chi connectivity index (χ1) is 8.81. The van der Waals surface area contributed by atoms with Crippen molar-refractivity contribution in [2.45, 2.75) is 13.3 Å². The molecule has 1 heterocycles. The molecular weight excluding hydrogens is 226 g/mol. The minimum absolute atomic E-state index is 0.183. The van der Waals surface area contributed by atoms with E-state index < -0.39 is 0 Å². The molecule has 2 aromatic rings. The molecule has 0 radical (unpaired) electrons. The summed E-state index contributed by atoms with van der Waals surface area (Å²) in [6, 6.07) is 7.49. The third-order valence-electron chi connectivity index (χ3n) is 2.51. The molecule has 0 aliphatic carbocycles. The molecule has 92 valence electrons. The summed E-state index contributed by atoms with van der Waals surface area (Å²) in [7, 11) is 0. The number of benzene rings is 1. The number of rotatable bonds is 4. The molecule has 1 aromatic carbocycles. The van der Waals surface area contributed by atoms with Crippen molar-refractivity contribution in [2.24, 2.45) is 0 Å². The van der Waals surface area contributed by atoms with Gasteiger partial charge in [-0.25, -0.2) is 4.98 Å². The highest BCUT2D eigenvalue weighted by Crippen LogP contribution is 2.08. The number of para-hydroxylation sites is 2. The maximum Gasteiger partial charge on any atom is 0.271 e. The Morgan fingerprint density at radius 1 is 1.33 bits per heavy atom. The summed E-state index contributed by atoms with van der Waals surface area (Å²) in [5.41, 5.74) is 1.88. The van der Waals surface area contributed by atoms with E-state index in [1.54, 1.807) is 0 Å². The van der Waals surface area contributed by atoms with Gasteiger partial charge in [-0.3, -0.25) is 9.78 Å². The number of allylic oxidation sites excluding steroid dienone is 1. The van der Waals surface area contributed by atoms with Crippen molar-refractivity contribution < 1.29 is 4.79 Å². The van der Waals surface area contributed by atoms with E-state index in [2.05, 4.69) is 15.3 Å². The van der Waals surface area contributed by atoms with E-state index in [0.29, 0.717) is 12.2 Å². The molecule has 0 aliphatic rings. The molecule has 0 bridgehead atoms. The Morgan fingerprint density at radius 2 is 2.11 bits per heavy atom. The predicted octanol–water partition coefficient (Wildman–Crippen LogP) is 2.33. The molecule has 0 spiro atoms. The smallest absolute Gasteiger partial charge is 0.271 e. The van der Waals surface area contributed by atoms with Gasteiger partial charge in [-0.1, -0.05) is 24.3 Å². The van der Waals surface area contributed by atoms with Gasteiger partial charge in [-0.2, -0.15) is 0 Å². The first kappa shape index (κ1) is 12.2. The van der Waals surface area contributed by atoms with Gasteiger partial charge in [-0.05, 0) is 25.5 Å². The van der Waals surface area contributed by atoms with Gasteiger partial charge in [0.15, 0.2) is 0 Å². The fraction of sp³-hybridized carbons (Fsp3) is 0.214. The molecule has 0 saturated heterocycles. The Balaban J connectivity index is 2.08. The average Bonchev–Trinajstić information content (AvgIpc) is 2.43. The maximum absolute atomic E-state index is 11.8. The SMILES string of the molecule is C/C=C/CCNC(=O)c1cnc2ccccc2n1. The monoisotopic (exact) mass is 241 g/mol. The summed E-state index contributed by atoms with van der Waals surface area (Å²) >= 11 is 0. The third kappa shape index (κ3) is 2.91. The molecule has 1 amide bonds. The predicted molar refractivity (Wildman–Crippen MR) is 71.3 cm³/mol. The van der Waals surface area contributed by atoms with Crippen LogP contribution in [0.4, 0.5) is 0 Å². The molecule has 1 N–H and O–H groups in total. The van der Waals surface area contributed by atoms with Crippen LogP contribution in [0.5, 0.6) is 0 Å². The van der Waals surface area contributed by atoms with Crippen LogP contribution in [0.3, 0.4) is 0 Å². The first-order valence-corrected chi connectivity index (χ1v) is 5.92. The van der Waals surface area contributed by atoms with E-state index in [9.17, 15) is 4.79 Å². The van der Waals surface area contributed by atoms with Crippen molar-refractivity contribution in [3.63, 3.8) is 0 Å². The van der Waals surface area contributed by atoms with Gasteiger partial charge in [0, 0.05) is 6.54 Å². The highest BCUT2D eigenvalue weighted by molar-refractivity contribution is 5.93. The Morgan fingerprint density at radius 3 is 2.89 bits per heavy atom. The number of hydrogen-bond donors (Lipinski definition) is 1. The molecule has 0 aliphatic heterocycles. The summed E-state index contributed by atoms with van der Waals surface area (Å²) in [5.74, 6) is -0.183. The van der Waals surface area contributed by atoms with E-state index >= 15 is 0 Å². The molecule has 0 atom stereocenters. The summed E-state index contributed by atoms with van der Waals surface area (Å²) in [6.07, 6.45) is 6.30. The lowest BCUT2D eigenvalue weighted by Crippen LogP contribution is -2.25. The van der Waals surface area contributed by atoms with Gasteiger partial charge in [-0.15, -0.1) is 0 Å². The second-order valence-electron chi connectivity index (χ2n) is 3.86. The van der Waals surface area contributed by atoms with Crippen molar-refractivity contribution in [3.05, 3.63) is 48.3 Å². The summed E-state index contributed by atoms with van der Waals surface area (Å²) in [6.45, 7) is 2.56. The van der Waals surface area contributed by atoms with Crippen LogP contribution in [0.25, 0.3) is 11.0 Å². The second kappa shape index (κ2) is 5.91. The fourth-order valence-electron chi connectivity index (χ4n) is 1.59. The molecular formula is C14H15N3O. The standard InChI is InChI=1S/C14H15N3O/c1-2-3-6-9-15-14(18)13-10-16-11-7-4-5-8-12(11)17-13/h2-5,7-8,10H,6,9H2,1H3,(H,15,18)/b3-2+. The van der Waals surface area contributed by atoms with Gasteiger partial charge in [0.1, 0.15) is 5.69 Å². The summed E-state index contributed by atoms with van der Waals surface area (Å²) in [5, 5.41) is 2.81. The molecule has 0 saturated carbocycles. The number of amides is 1. The van der Waals surface area contributed by atoms with Crippen LogP contribution in [0.2, 0.25) is 0 Å². The molecule has 1 aromatic heterocycles. The number of carbonyl (C=O) groups is 1. The van der Waals surface area contributed by atoms with Crippen LogP contribution in [0.1, 0.15) is 23.8 Å². The lowest BCUT2D eigenvalue weighted by molar-refractivity contribution is 0.0949. The first-order valence-electron chi connectivity index (χ1n) is 5.92. The normalized spacial score (nSPS) is 10.9. The Labute approximate surface area is 106 Å². The quantitative estimate of drug-likeness (QED) is 0.660. The summed E-state index contributed by atoms with van der Waals surface area (Å²) < 4.78 is 0. The zero-order valence-electron chi connectivity index (χ0n) is 10.3. The van der Waals surface area contributed by atoms with Gasteiger partial charge >= 0.3 is 0 Å². The Kier molecular flexibility index (Phi) is 4.02. The zero-order valence-corrected chi connectivity index (χ0v) is 10.3. The number of nitrogens with one attached hydrogen (secondary N) is 1. The van der Waals surface area contributed by atoms with Gasteiger partial charge in [0.2, 0.25) is 0 Å². The van der Waals surface area contributed by atoms with Gasteiger partial charge in [0.05, 0.1) is 17.2 Å². The van der Waals surface area contributed by atoms with Crippen molar-refractivity contribution >= 4 is 16.9 Å². The highest BCUT2D eigenvalue weighted by atomic mass is 16.1. The van der Waals surface area contributed by atoms with Crippen LogP contribution in [-0.4, -0.2) is 22.4 Å². The lowest BCUT2D eigenvalue weighted by atomic mass is 10.3. The lowest BCUT2D eigenvalue weighted by Gasteiger charge is -2.03. The highest BCUT2D eigenvalue weighted by Gasteiger charge is 2.07. The fourth-order valence-corrected chi connectivity index (χ4v) is 1.59. The van der Waals surface area contributed by atoms with E-state index in [-0.39, 0.29) is 5.91 Å². The minimum Gasteiger partial charge on any atom is -0.350 e. The number of nitrogens with zero attached hydrogens (tertiary/aromatic N) is 2. The molecule has 4 nitrogen and oxygen atoms in total. The number of fused-ring (bicyclic) bond motifs is 1. The van der Waals surface area contributed by atoms with Crippen LogP contribution < -0.4 is 5.32 Å². The topological polar surface area (TPSA) is 54.9 Å². The molecule has 18 heavy (non-hydrogen) atoms. The number of carbonyl (C=O) groups excluding carboxylic acids is 1. The average molecular weight is 241 g/mol. The van der Waals surface area contributed by atoms with Gasteiger partial charge < -0.3 is 5.32 Å². The van der Waals surface area contributed by atoms with Crippen molar-refractivity contribution in [1.82, 2.24) is 15.3 Å². The largest absolute Gasteiger partial charge is 0.350 e. The third-order valence-corrected chi connectivity index (χ3v) is 2.51. The van der Waals surface area contributed by atoms with Gasteiger partial charge in [0.25, 0.3) is 5.91 Å². The van der Waals surface area contributed by atoms with Crippen molar-refractivity contribution in [1.29, 1.82) is 0 Å². The van der Waals surface area contributed by atoms with Crippen LogP contribution in [0.15, 0.2) is 42.6 Å². The number of hydrogen-bond acceptors (Lipinski definition) is 3. The van der Waals surface area contributed by atoms with Crippen molar-refractivity contribution in [2.75, 3.05) is 6.54 Å². The summed E-state index contributed by atoms with van der Waals surface area (Å²) in [4.78, 5) is 20.3. The van der Waals surface area contributed by atoms with E-state index in [1.165, 1.54) is 6.20 Å². The molecule has 0 fully saturated rings. The Hall–Kier alpha value is -2.23. The molecule has 2 rings (SSSR count). The maximum atomic E-state index is 11.8. The zero-order chi connectivity index (χ0) is 12.8.